The zero-order valence-corrected chi connectivity index (χ0v) is 17.3. The number of amides is 1. The van der Waals surface area contributed by atoms with Crippen molar-refractivity contribution in [1.82, 2.24) is 9.97 Å². The van der Waals surface area contributed by atoms with E-state index in [4.69, 9.17) is 27.9 Å². The van der Waals surface area contributed by atoms with Crippen molar-refractivity contribution < 1.29 is 14.3 Å². The number of halogens is 2. The van der Waals surface area contributed by atoms with E-state index in [0.717, 1.165) is 5.56 Å². The number of aromatic amines is 1. The third-order valence-electron chi connectivity index (χ3n) is 4.29. The smallest absolute Gasteiger partial charge is 0.337 e. The van der Waals surface area contributed by atoms with E-state index in [1.807, 2.05) is 11.4 Å². The van der Waals surface area contributed by atoms with Crippen LogP contribution in [0.1, 0.15) is 20.7 Å². The number of carbonyl (C=O) groups excluding carboxylic acids is 2. The van der Waals surface area contributed by atoms with Gasteiger partial charge in [-0.2, -0.15) is 0 Å². The van der Waals surface area contributed by atoms with Gasteiger partial charge in [0.25, 0.3) is 5.91 Å². The number of fused-ring (bicyclic) bond motifs is 1. The number of nitrogens with zero attached hydrogens (tertiary/aromatic N) is 1. The van der Waals surface area contributed by atoms with Gasteiger partial charge in [0.15, 0.2) is 5.13 Å². The first kappa shape index (κ1) is 19.4. The van der Waals surface area contributed by atoms with E-state index in [0.29, 0.717) is 42.9 Å². The minimum Gasteiger partial charge on any atom is -0.465 e. The number of ether oxygens (including phenoxy) is 1. The first-order valence-corrected chi connectivity index (χ1v) is 10.0. The number of rotatable bonds is 4. The second kappa shape index (κ2) is 7.87. The summed E-state index contributed by atoms with van der Waals surface area (Å²) in [6.07, 6.45) is 1.59. The number of benzene rings is 2. The van der Waals surface area contributed by atoms with Gasteiger partial charge in [-0.25, -0.2) is 9.78 Å². The third kappa shape index (κ3) is 3.85. The van der Waals surface area contributed by atoms with Gasteiger partial charge in [0.05, 0.1) is 34.0 Å². The largest absolute Gasteiger partial charge is 0.465 e. The van der Waals surface area contributed by atoms with Crippen molar-refractivity contribution in [2.24, 2.45) is 0 Å². The Kier molecular flexibility index (Phi) is 5.27. The Bertz CT molecular complexity index is 1250. The Morgan fingerprint density at radius 2 is 1.97 bits per heavy atom. The van der Waals surface area contributed by atoms with Gasteiger partial charge in [-0.1, -0.05) is 35.3 Å². The fourth-order valence-electron chi connectivity index (χ4n) is 2.84. The van der Waals surface area contributed by atoms with E-state index in [1.54, 1.807) is 36.5 Å². The van der Waals surface area contributed by atoms with Gasteiger partial charge in [0.1, 0.15) is 0 Å². The molecule has 146 valence electrons. The van der Waals surface area contributed by atoms with Crippen LogP contribution < -0.4 is 5.32 Å². The lowest BCUT2D eigenvalue weighted by Crippen LogP contribution is -2.11. The number of aromatic nitrogens is 2. The highest BCUT2D eigenvalue weighted by Crippen LogP contribution is 2.31. The van der Waals surface area contributed by atoms with Crippen molar-refractivity contribution in [3.8, 4) is 11.3 Å². The molecule has 29 heavy (non-hydrogen) atoms. The summed E-state index contributed by atoms with van der Waals surface area (Å²) in [6, 6.07) is 10.2. The highest BCUT2D eigenvalue weighted by atomic mass is 35.5. The average Bonchev–Trinajstić information content (AvgIpc) is 3.36. The molecule has 4 rings (SSSR count). The van der Waals surface area contributed by atoms with Crippen LogP contribution in [0, 0.1) is 0 Å². The predicted octanol–water partition coefficient (Wildman–Crippen LogP) is 5.64. The summed E-state index contributed by atoms with van der Waals surface area (Å²) in [4.78, 5) is 31.8. The van der Waals surface area contributed by atoms with Crippen LogP contribution in [-0.2, 0) is 4.74 Å². The third-order valence-corrected chi connectivity index (χ3v) is 5.78. The lowest BCUT2D eigenvalue weighted by Gasteiger charge is -2.02. The SMILES string of the molecule is COC(=O)c1ccc2c(C(=O)Nc3nc(-c4ccc(Cl)c(Cl)c4)cs3)c[nH]c2c1. The lowest BCUT2D eigenvalue weighted by atomic mass is 10.1. The Hall–Kier alpha value is -2.87. The molecule has 0 radical (unpaired) electrons. The number of methoxy groups -OCH3 is 1. The quantitative estimate of drug-likeness (QED) is 0.398. The molecule has 0 aliphatic carbocycles. The molecule has 0 bridgehead atoms. The summed E-state index contributed by atoms with van der Waals surface area (Å²) in [5, 5.41) is 6.68. The van der Waals surface area contributed by atoms with Crippen LogP contribution >= 0.6 is 34.5 Å². The minimum absolute atomic E-state index is 0.308. The van der Waals surface area contributed by atoms with Gasteiger partial charge in [-0.05, 0) is 24.3 Å². The molecule has 0 aliphatic rings. The van der Waals surface area contributed by atoms with Gasteiger partial charge in [-0.3, -0.25) is 10.1 Å². The molecule has 2 heterocycles. The Morgan fingerprint density at radius 1 is 1.14 bits per heavy atom. The summed E-state index contributed by atoms with van der Waals surface area (Å²) in [5.74, 6) is -0.748. The molecular formula is C20H13Cl2N3O3S. The first-order valence-electron chi connectivity index (χ1n) is 8.38. The number of thiazole rings is 1. The van der Waals surface area contributed by atoms with Crippen molar-refractivity contribution in [3.63, 3.8) is 0 Å². The molecule has 0 fully saturated rings. The van der Waals surface area contributed by atoms with Crippen molar-refractivity contribution in [3.05, 3.63) is 69.1 Å². The zero-order valence-electron chi connectivity index (χ0n) is 15.0. The Labute approximate surface area is 179 Å². The van der Waals surface area contributed by atoms with Gasteiger partial charge < -0.3 is 9.72 Å². The maximum atomic E-state index is 12.7. The van der Waals surface area contributed by atoms with E-state index in [1.165, 1.54) is 18.4 Å². The summed E-state index contributed by atoms with van der Waals surface area (Å²) in [7, 11) is 1.32. The standard InChI is InChI=1S/C20H13Cl2N3O3S/c1-28-19(27)11-2-4-12-13(8-23-16(12)7-11)18(26)25-20-24-17(9-29-20)10-3-5-14(21)15(22)6-10/h2-9,23H,1H3,(H,24,25,26). The summed E-state index contributed by atoms with van der Waals surface area (Å²) in [5.41, 5.74) is 3.00. The molecule has 0 saturated carbocycles. The lowest BCUT2D eigenvalue weighted by molar-refractivity contribution is 0.0600. The van der Waals surface area contributed by atoms with Crippen LogP contribution in [0.3, 0.4) is 0 Å². The minimum atomic E-state index is -0.440. The normalized spacial score (nSPS) is 10.9. The average molecular weight is 446 g/mol. The van der Waals surface area contributed by atoms with Crippen LogP contribution in [0.15, 0.2) is 48.0 Å². The molecular weight excluding hydrogens is 433 g/mol. The summed E-state index contributed by atoms with van der Waals surface area (Å²) < 4.78 is 4.72. The van der Waals surface area contributed by atoms with Crippen LogP contribution in [0.2, 0.25) is 10.0 Å². The number of hydrogen-bond donors (Lipinski definition) is 2. The monoisotopic (exact) mass is 445 g/mol. The highest BCUT2D eigenvalue weighted by Gasteiger charge is 2.16. The number of esters is 1. The second-order valence-electron chi connectivity index (χ2n) is 6.08. The number of hydrogen-bond acceptors (Lipinski definition) is 5. The molecule has 2 aromatic carbocycles. The van der Waals surface area contributed by atoms with Gasteiger partial charge in [-0.15, -0.1) is 11.3 Å². The van der Waals surface area contributed by atoms with E-state index in [-0.39, 0.29) is 5.91 Å². The van der Waals surface area contributed by atoms with E-state index in [2.05, 4.69) is 15.3 Å². The van der Waals surface area contributed by atoms with Crippen molar-refractivity contribution in [2.75, 3.05) is 12.4 Å². The van der Waals surface area contributed by atoms with Crippen LogP contribution in [0.4, 0.5) is 5.13 Å². The van der Waals surface area contributed by atoms with E-state index >= 15 is 0 Å². The summed E-state index contributed by atoms with van der Waals surface area (Å²) >= 11 is 13.3. The second-order valence-corrected chi connectivity index (χ2v) is 7.75. The number of anilines is 1. The van der Waals surface area contributed by atoms with E-state index < -0.39 is 5.97 Å². The van der Waals surface area contributed by atoms with Crippen molar-refractivity contribution in [2.45, 2.75) is 0 Å². The molecule has 0 spiro atoms. The highest BCUT2D eigenvalue weighted by molar-refractivity contribution is 7.14. The maximum Gasteiger partial charge on any atom is 0.337 e. The molecule has 2 aromatic heterocycles. The fraction of sp³-hybridized carbons (Fsp3) is 0.0500. The molecule has 6 nitrogen and oxygen atoms in total. The summed E-state index contributed by atoms with van der Waals surface area (Å²) in [6.45, 7) is 0. The number of nitrogens with one attached hydrogen (secondary N) is 2. The molecule has 0 unspecified atom stereocenters. The first-order chi connectivity index (χ1) is 14.0. The van der Waals surface area contributed by atoms with Crippen LogP contribution in [0.25, 0.3) is 22.2 Å². The topological polar surface area (TPSA) is 84.1 Å². The molecule has 4 aromatic rings. The van der Waals surface area contributed by atoms with Gasteiger partial charge in [0, 0.05) is 28.0 Å². The number of carbonyl (C=O) groups is 2. The Morgan fingerprint density at radius 3 is 2.72 bits per heavy atom. The predicted molar refractivity (Wildman–Crippen MR) is 115 cm³/mol. The fourth-order valence-corrected chi connectivity index (χ4v) is 3.86. The van der Waals surface area contributed by atoms with Crippen LogP contribution in [-0.4, -0.2) is 29.0 Å². The molecule has 1 amide bonds. The van der Waals surface area contributed by atoms with Gasteiger partial charge >= 0.3 is 5.97 Å². The molecule has 0 atom stereocenters. The zero-order chi connectivity index (χ0) is 20.5. The molecule has 0 saturated heterocycles. The van der Waals surface area contributed by atoms with E-state index in [9.17, 15) is 9.59 Å². The molecule has 2 N–H and O–H groups in total. The van der Waals surface area contributed by atoms with Crippen molar-refractivity contribution >= 4 is 62.4 Å². The van der Waals surface area contributed by atoms with Crippen LogP contribution in [0.5, 0.6) is 0 Å². The van der Waals surface area contributed by atoms with Gasteiger partial charge in [0.2, 0.25) is 0 Å². The molecule has 9 heteroatoms. The molecule has 0 aliphatic heterocycles. The maximum absolute atomic E-state index is 12.7. The van der Waals surface area contributed by atoms with Crippen molar-refractivity contribution in [1.29, 1.82) is 0 Å². The Balaban J connectivity index is 1.56. The number of H-pyrrole nitrogens is 1.